The van der Waals surface area contributed by atoms with Gasteiger partial charge in [0.05, 0.1) is 10.6 Å². The summed E-state index contributed by atoms with van der Waals surface area (Å²) in [7, 11) is 0. The number of hydrogen-bond acceptors (Lipinski definition) is 3. The SMILES string of the molecule is CCc1nn(-c2cc(C)cc(C)c2)c(Cl)c1[N+](=O)[O-]. The molecular formula is C13H14ClN3O2. The van der Waals surface area contributed by atoms with Crippen molar-refractivity contribution in [3.63, 3.8) is 0 Å². The van der Waals surface area contributed by atoms with E-state index in [2.05, 4.69) is 5.10 Å². The van der Waals surface area contributed by atoms with Crippen LogP contribution in [0.5, 0.6) is 0 Å². The summed E-state index contributed by atoms with van der Waals surface area (Å²) >= 11 is 6.10. The predicted molar refractivity (Wildman–Crippen MR) is 74.1 cm³/mol. The molecule has 1 aromatic heterocycles. The van der Waals surface area contributed by atoms with Gasteiger partial charge in [0.2, 0.25) is 5.15 Å². The molecule has 0 saturated carbocycles. The third-order valence-corrected chi connectivity index (χ3v) is 3.18. The van der Waals surface area contributed by atoms with Gasteiger partial charge in [-0.15, -0.1) is 0 Å². The van der Waals surface area contributed by atoms with Gasteiger partial charge in [-0.2, -0.15) is 5.10 Å². The van der Waals surface area contributed by atoms with Crippen molar-refractivity contribution in [3.05, 3.63) is 50.3 Å². The Labute approximate surface area is 116 Å². The standard InChI is InChI=1S/C13H14ClN3O2/c1-4-11-12(17(18)19)13(14)16(15-11)10-6-8(2)5-9(3)7-10/h5-7H,4H2,1-3H3. The molecule has 19 heavy (non-hydrogen) atoms. The Balaban J connectivity index is 2.66. The second kappa shape index (κ2) is 5.01. The molecule has 0 N–H and O–H groups in total. The molecule has 2 rings (SSSR count). The highest BCUT2D eigenvalue weighted by atomic mass is 35.5. The summed E-state index contributed by atoms with van der Waals surface area (Å²) in [4.78, 5) is 10.6. The van der Waals surface area contributed by atoms with Crippen LogP contribution in [0, 0.1) is 24.0 Å². The zero-order chi connectivity index (χ0) is 14.2. The van der Waals surface area contributed by atoms with Gasteiger partial charge in [-0.05, 0) is 43.5 Å². The molecule has 0 saturated heterocycles. The monoisotopic (exact) mass is 279 g/mol. The second-order valence-corrected chi connectivity index (χ2v) is 4.81. The van der Waals surface area contributed by atoms with Crippen molar-refractivity contribution < 1.29 is 4.92 Å². The number of halogens is 1. The number of aryl methyl sites for hydroxylation is 3. The van der Waals surface area contributed by atoms with E-state index in [1.165, 1.54) is 4.68 Å². The molecule has 0 aliphatic carbocycles. The van der Waals surface area contributed by atoms with Crippen molar-refractivity contribution >= 4 is 17.3 Å². The van der Waals surface area contributed by atoms with Gasteiger partial charge in [0.1, 0.15) is 5.69 Å². The molecular weight excluding hydrogens is 266 g/mol. The van der Waals surface area contributed by atoms with Crippen molar-refractivity contribution in [1.82, 2.24) is 9.78 Å². The molecule has 0 aliphatic rings. The van der Waals surface area contributed by atoms with Gasteiger partial charge < -0.3 is 0 Å². The Bertz CT molecular complexity index is 629. The van der Waals surface area contributed by atoms with Crippen molar-refractivity contribution in [1.29, 1.82) is 0 Å². The zero-order valence-electron chi connectivity index (χ0n) is 11.0. The van der Waals surface area contributed by atoms with Crippen molar-refractivity contribution in [2.45, 2.75) is 27.2 Å². The predicted octanol–water partition coefficient (Wildman–Crippen LogP) is 3.61. The lowest BCUT2D eigenvalue weighted by Gasteiger charge is -2.05. The summed E-state index contributed by atoms with van der Waals surface area (Å²) < 4.78 is 1.43. The average molecular weight is 280 g/mol. The van der Waals surface area contributed by atoms with Crippen LogP contribution in [0.3, 0.4) is 0 Å². The quantitative estimate of drug-likeness (QED) is 0.637. The summed E-state index contributed by atoms with van der Waals surface area (Å²) in [6.07, 6.45) is 0.466. The second-order valence-electron chi connectivity index (χ2n) is 4.45. The zero-order valence-corrected chi connectivity index (χ0v) is 11.7. The Kier molecular flexibility index (Phi) is 3.57. The molecule has 2 aromatic rings. The van der Waals surface area contributed by atoms with E-state index in [9.17, 15) is 10.1 Å². The normalized spacial score (nSPS) is 10.7. The number of benzene rings is 1. The first-order chi connectivity index (χ1) is 8.93. The highest BCUT2D eigenvalue weighted by molar-refractivity contribution is 6.32. The first-order valence-corrected chi connectivity index (χ1v) is 6.32. The van der Waals surface area contributed by atoms with Crippen LogP contribution in [0.15, 0.2) is 18.2 Å². The molecule has 0 amide bonds. The highest BCUT2D eigenvalue weighted by Gasteiger charge is 2.26. The van der Waals surface area contributed by atoms with E-state index in [0.717, 1.165) is 16.8 Å². The summed E-state index contributed by atoms with van der Waals surface area (Å²) in [5.74, 6) is 0. The number of rotatable bonds is 3. The molecule has 6 heteroatoms. The van der Waals surface area contributed by atoms with Gasteiger partial charge >= 0.3 is 5.69 Å². The third-order valence-electron chi connectivity index (χ3n) is 2.84. The van der Waals surface area contributed by atoms with E-state index in [4.69, 9.17) is 11.6 Å². The van der Waals surface area contributed by atoms with Crippen LogP contribution in [0.4, 0.5) is 5.69 Å². The lowest BCUT2D eigenvalue weighted by atomic mass is 10.1. The van der Waals surface area contributed by atoms with Crippen LogP contribution in [0.2, 0.25) is 5.15 Å². The fourth-order valence-electron chi connectivity index (χ4n) is 2.09. The van der Waals surface area contributed by atoms with Gasteiger partial charge in [0, 0.05) is 0 Å². The Morgan fingerprint density at radius 3 is 2.32 bits per heavy atom. The van der Waals surface area contributed by atoms with Gasteiger partial charge in [-0.1, -0.05) is 24.6 Å². The lowest BCUT2D eigenvalue weighted by Crippen LogP contribution is -1.98. The fourth-order valence-corrected chi connectivity index (χ4v) is 2.41. The largest absolute Gasteiger partial charge is 0.329 e. The molecule has 5 nitrogen and oxygen atoms in total. The molecule has 0 spiro atoms. The number of nitrogens with zero attached hydrogens (tertiary/aromatic N) is 3. The number of hydrogen-bond donors (Lipinski definition) is 0. The van der Waals surface area contributed by atoms with E-state index in [0.29, 0.717) is 12.1 Å². The summed E-state index contributed by atoms with van der Waals surface area (Å²) in [6, 6.07) is 5.82. The maximum absolute atomic E-state index is 11.0. The van der Waals surface area contributed by atoms with Crippen LogP contribution >= 0.6 is 11.6 Å². The Hall–Kier alpha value is -1.88. The molecule has 1 aromatic carbocycles. The highest BCUT2D eigenvalue weighted by Crippen LogP contribution is 2.31. The first kappa shape index (κ1) is 13.5. The Morgan fingerprint density at radius 1 is 1.32 bits per heavy atom. The maximum Gasteiger partial charge on any atom is 0.329 e. The lowest BCUT2D eigenvalue weighted by molar-refractivity contribution is -0.385. The maximum atomic E-state index is 11.0. The third kappa shape index (κ3) is 2.46. The van der Waals surface area contributed by atoms with E-state index < -0.39 is 4.92 Å². The molecule has 1 heterocycles. The van der Waals surface area contributed by atoms with E-state index in [1.807, 2.05) is 39.0 Å². The van der Waals surface area contributed by atoms with Crippen LogP contribution in [0.1, 0.15) is 23.7 Å². The minimum absolute atomic E-state index is 0.0480. The van der Waals surface area contributed by atoms with Crippen LogP contribution in [-0.4, -0.2) is 14.7 Å². The molecule has 0 aliphatic heterocycles. The summed E-state index contributed by atoms with van der Waals surface area (Å²) in [5, 5.41) is 15.3. The van der Waals surface area contributed by atoms with E-state index in [-0.39, 0.29) is 10.8 Å². The summed E-state index contributed by atoms with van der Waals surface area (Å²) in [6.45, 7) is 5.74. The minimum atomic E-state index is -0.479. The molecule has 0 unspecified atom stereocenters. The van der Waals surface area contributed by atoms with Crippen molar-refractivity contribution in [2.24, 2.45) is 0 Å². The topological polar surface area (TPSA) is 61.0 Å². The summed E-state index contributed by atoms with van der Waals surface area (Å²) in [5.41, 5.74) is 3.15. The Morgan fingerprint density at radius 2 is 1.89 bits per heavy atom. The molecule has 0 bridgehead atoms. The van der Waals surface area contributed by atoms with Gasteiger partial charge in [-0.3, -0.25) is 10.1 Å². The smallest absolute Gasteiger partial charge is 0.258 e. The van der Waals surface area contributed by atoms with E-state index in [1.54, 1.807) is 0 Å². The van der Waals surface area contributed by atoms with Crippen LogP contribution in [0.25, 0.3) is 5.69 Å². The molecule has 100 valence electrons. The molecule has 0 radical (unpaired) electrons. The minimum Gasteiger partial charge on any atom is -0.258 e. The van der Waals surface area contributed by atoms with Crippen LogP contribution in [-0.2, 0) is 6.42 Å². The van der Waals surface area contributed by atoms with Gasteiger partial charge in [-0.25, -0.2) is 4.68 Å². The number of aromatic nitrogens is 2. The fraction of sp³-hybridized carbons (Fsp3) is 0.308. The average Bonchev–Trinajstić information content (AvgIpc) is 2.64. The first-order valence-electron chi connectivity index (χ1n) is 5.94. The van der Waals surface area contributed by atoms with Gasteiger partial charge in [0.25, 0.3) is 0 Å². The molecule has 0 atom stereocenters. The van der Waals surface area contributed by atoms with E-state index >= 15 is 0 Å². The van der Waals surface area contributed by atoms with Crippen molar-refractivity contribution in [3.8, 4) is 5.69 Å². The molecule has 0 fully saturated rings. The van der Waals surface area contributed by atoms with Crippen molar-refractivity contribution in [2.75, 3.05) is 0 Å². The van der Waals surface area contributed by atoms with Gasteiger partial charge in [0.15, 0.2) is 0 Å². The number of nitro groups is 1. The van der Waals surface area contributed by atoms with Crippen LogP contribution < -0.4 is 0 Å².